The molecule has 8 aromatic rings. The average molecular weight is 1760 g/mol. The number of H-pyrrole nitrogens is 3. The Morgan fingerprint density at radius 1 is 0.526 bits per heavy atom. The van der Waals surface area contributed by atoms with Crippen LogP contribution in [0.25, 0.3) is 33.5 Å². The van der Waals surface area contributed by atoms with Gasteiger partial charge in [0, 0.05) is 43.5 Å². The molecule has 22 atom stereocenters. The maximum Gasteiger partial charge on any atom is 0.351 e. The van der Waals surface area contributed by atoms with Gasteiger partial charge in [-0.2, -0.15) is 24.9 Å². The van der Waals surface area contributed by atoms with Crippen LogP contribution in [0.2, 0.25) is 0 Å². The number of fused-ring (bicyclic) bond motifs is 3. The van der Waals surface area contributed by atoms with Crippen molar-refractivity contribution in [2.24, 2.45) is 0 Å². The zero-order valence-corrected chi connectivity index (χ0v) is 67.7. The normalized spacial score (nSPS) is 28.7. The fourth-order valence-corrected chi connectivity index (χ4v) is 19.2. The summed E-state index contributed by atoms with van der Waals surface area (Å²) in [5.74, 6) is -0.773. The predicted octanol–water partition coefficient (Wildman–Crippen LogP) is -1.22. The van der Waals surface area contributed by atoms with Gasteiger partial charge in [0.2, 0.25) is 17.8 Å². The quantitative estimate of drug-likeness (QED) is 0.0166. The smallest absolute Gasteiger partial charge is 0.351 e. The molecule has 0 saturated carbocycles. The van der Waals surface area contributed by atoms with E-state index in [1.54, 1.807) is 20.8 Å². The lowest BCUT2D eigenvalue weighted by atomic mass is 10.1. The highest BCUT2D eigenvalue weighted by atomic mass is 32.5. The maximum absolute atomic E-state index is 13.3. The number of nitrogens with zero attached hydrogens (tertiary/aromatic N) is 13. The fourth-order valence-electron chi connectivity index (χ4n) is 13.2. The molecule has 0 amide bonds. The highest BCUT2D eigenvalue weighted by Gasteiger charge is 2.51. The Kier molecular flexibility index (Phi) is 26.1. The number of aliphatic hydroxyl groups excluding tert-OH is 1. The molecule has 13 rings (SSSR count). The predicted molar refractivity (Wildman–Crippen MR) is 410 cm³/mol. The van der Waals surface area contributed by atoms with E-state index in [9.17, 15) is 48.7 Å². The van der Waals surface area contributed by atoms with Crippen LogP contribution in [0.3, 0.4) is 0 Å². The van der Waals surface area contributed by atoms with Crippen LogP contribution in [0.1, 0.15) is 82.3 Å². The van der Waals surface area contributed by atoms with Crippen molar-refractivity contribution < 1.29 is 104 Å². The van der Waals surface area contributed by atoms with Gasteiger partial charge in [0.15, 0.2) is 52.2 Å². The summed E-state index contributed by atoms with van der Waals surface area (Å²) in [6, 6.07) is 0. The Morgan fingerprint density at radius 2 is 0.912 bits per heavy atom. The van der Waals surface area contributed by atoms with E-state index in [0.29, 0.717) is 17.5 Å². The van der Waals surface area contributed by atoms with Crippen molar-refractivity contribution in [2.45, 2.75) is 164 Å². The van der Waals surface area contributed by atoms with Crippen LogP contribution < -0.4 is 56.7 Å². The number of aromatic nitrogens is 16. The number of aliphatic hydroxyl groups is 1. The fraction of sp³-hybridized carbons (Fsp3) is 0.603. The third-order valence-electron chi connectivity index (χ3n) is 18.6. The summed E-state index contributed by atoms with van der Waals surface area (Å²) < 4.78 is 110. The second kappa shape index (κ2) is 34.8. The largest absolute Gasteiger partial charge is 0.387 e. The molecule has 9 unspecified atom stereocenters. The summed E-state index contributed by atoms with van der Waals surface area (Å²) in [4.78, 5) is 152. The summed E-state index contributed by atoms with van der Waals surface area (Å²) in [6.45, 7) is -12.4. The second-order valence-electron chi connectivity index (χ2n) is 26.7. The molecule has 13 heterocycles. The van der Waals surface area contributed by atoms with E-state index < -0.39 is 192 Å². The zero-order valence-electron chi connectivity index (χ0n) is 60.9. The number of nitrogens with one attached hydrogen (secondary N) is 3. The monoisotopic (exact) mass is 1760 g/mol. The van der Waals surface area contributed by atoms with E-state index in [4.69, 9.17) is 155 Å². The maximum atomic E-state index is 13.3. The second-order valence-corrected chi connectivity index (χ2v) is 37.9. The molecule has 18 N–H and O–H groups in total. The lowest BCUT2D eigenvalue weighted by Gasteiger charge is -2.31. The molecule has 56 heteroatoms. The van der Waals surface area contributed by atoms with Crippen molar-refractivity contribution in [2.75, 3.05) is 88.6 Å². The minimum atomic E-state index is -4.48. The number of methoxy groups -OCH3 is 1. The number of nitrogen functional groups attached to an aromatic ring is 5. The van der Waals surface area contributed by atoms with Crippen molar-refractivity contribution >= 4 is 137 Å². The van der Waals surface area contributed by atoms with E-state index in [1.165, 1.54) is 70.6 Å². The third kappa shape index (κ3) is 19.1. The van der Waals surface area contributed by atoms with Crippen LogP contribution in [-0.2, 0) is 126 Å². The summed E-state index contributed by atoms with van der Waals surface area (Å²) in [5.41, 5.74) is 26.6. The van der Waals surface area contributed by atoms with Crippen LogP contribution in [0.5, 0.6) is 0 Å². The summed E-state index contributed by atoms with van der Waals surface area (Å²) in [5, 5.41) is 11.7. The highest BCUT2D eigenvalue weighted by molar-refractivity contribution is 8.08. The van der Waals surface area contributed by atoms with Gasteiger partial charge >= 0.3 is 38.3 Å². The first kappa shape index (κ1) is 85.4. The van der Waals surface area contributed by atoms with Gasteiger partial charge in [-0.25, -0.2) is 24.5 Å². The number of anilines is 5. The Labute approximate surface area is 662 Å². The topological polar surface area (TPSA) is 649 Å². The van der Waals surface area contributed by atoms with Gasteiger partial charge < -0.3 is 132 Å². The third-order valence-corrected chi connectivity index (χ3v) is 24.9. The minimum absolute atomic E-state index is 0.00354. The van der Waals surface area contributed by atoms with Crippen molar-refractivity contribution in [3.63, 3.8) is 0 Å². The van der Waals surface area contributed by atoms with E-state index >= 15 is 0 Å². The molecule has 5 aliphatic rings. The molecule has 0 aromatic carbocycles. The van der Waals surface area contributed by atoms with Gasteiger partial charge in [-0.15, -0.1) is 0 Å². The summed E-state index contributed by atoms with van der Waals surface area (Å²) in [7, 11) is 1.45. The molecule has 5 aliphatic heterocycles. The Balaban J connectivity index is 0.683. The molecule has 5 fully saturated rings. The molecule has 0 radical (unpaired) electrons. The van der Waals surface area contributed by atoms with Crippen molar-refractivity contribution in [1.82, 2.24) is 77.7 Å². The molecule has 48 nitrogen and oxygen atoms in total. The molecule has 0 aliphatic carbocycles. The number of rotatable bonds is 34. The number of hydrogen-bond acceptors (Lipinski definition) is 40. The number of aryl methyl sites for hydroxylation is 2. The SMILES string of the molecule is CC[C@H]1O[C@@H](n2cc(C)c(N)nc2=O)CC1OP(O)(=S)OC[C@H]1O[C@@H](n2cc(C)c(N)nc2=O)CC1OP(O)(=S)OC[C@H](C)O[C@H]1C(OP(O)(=S)OC[C@H](C)O[C@H]2C(OP(O)(=S)OC[C@H]3O[C@@H](n4cnc5c(=O)[nH]c(N)nc54)[C@@H](OCCOC)C3O)CO[C@H]2n2cnc3c(=O)[nH]c(N)nc32)CO[C@H]1n1cnc2c(=O)[nH]c(N)nc21. The average Bonchev–Trinajstić information content (AvgIpc) is 1.63. The van der Waals surface area contributed by atoms with Crippen LogP contribution in [0.4, 0.5) is 29.5 Å². The zero-order chi connectivity index (χ0) is 81.8. The first-order valence-corrected chi connectivity index (χ1v) is 45.1. The van der Waals surface area contributed by atoms with E-state index in [1.807, 2.05) is 0 Å². The molecule has 114 heavy (non-hydrogen) atoms. The van der Waals surface area contributed by atoms with Crippen LogP contribution >= 0.6 is 26.9 Å². The van der Waals surface area contributed by atoms with Crippen LogP contribution in [-0.4, -0.2) is 242 Å². The van der Waals surface area contributed by atoms with E-state index in [2.05, 4.69) is 54.8 Å². The van der Waals surface area contributed by atoms with E-state index in [-0.39, 0.29) is 102 Å². The summed E-state index contributed by atoms with van der Waals surface area (Å²) >= 11 is 22.3. The number of aromatic amines is 3. The summed E-state index contributed by atoms with van der Waals surface area (Å²) in [6.07, 6.45) is -14.6. The van der Waals surface area contributed by atoms with Gasteiger partial charge in [0.05, 0.1) is 102 Å². The highest BCUT2D eigenvalue weighted by Crippen LogP contribution is 2.54. The Bertz CT molecular complexity index is 5390. The lowest BCUT2D eigenvalue weighted by molar-refractivity contribution is -0.107. The van der Waals surface area contributed by atoms with Gasteiger partial charge in [-0.05, 0) is 81.3 Å². The first-order valence-electron chi connectivity index (χ1n) is 34.7. The first-order chi connectivity index (χ1) is 53.9. The lowest BCUT2D eigenvalue weighted by Crippen LogP contribution is -2.38. The molecular weight excluding hydrogens is 1670 g/mol. The Hall–Kier alpha value is -6.47. The number of hydrogen-bond donors (Lipinski definition) is 13. The van der Waals surface area contributed by atoms with Crippen molar-refractivity contribution in [3.8, 4) is 0 Å². The van der Waals surface area contributed by atoms with Gasteiger partial charge in [0.25, 0.3) is 16.7 Å². The van der Waals surface area contributed by atoms with Crippen LogP contribution in [0, 0.1) is 13.8 Å². The van der Waals surface area contributed by atoms with Gasteiger partial charge in [-0.3, -0.25) is 52.2 Å². The molecule has 0 bridgehead atoms. The molecule has 8 aromatic heterocycles. The molecule has 624 valence electrons. The van der Waals surface area contributed by atoms with Crippen LogP contribution in [0.15, 0.2) is 55.3 Å². The van der Waals surface area contributed by atoms with Gasteiger partial charge in [0.1, 0.15) is 72.9 Å². The standard InChI is InChI=1S/C58H81N21O27P4S4/c1-7-27-28(10-34(100-27)75-12-23(2)43(59)67-57(75)84)103-109(88,113)96-18-30-29(11-35(101-30)76-13-24(3)44(60)68-58(76)85)104-107(86,111)94-14-25(4)98-40-32(16-92-51(40)77-20-64-36-45(77)69-54(61)72-48(36)81)105-108(87,112)95-15-26(5)99-41-33(17-93-52(41)78-21-65-37-46(78)70-55(62)73-49(37)82)106-110(89,114)97-19-31-39(80)42(91-9-8-90-6)53(102-31)79-22-66-38-47(79)71-56(63)74-50(38)83/h12-13,20-22,25-35,39-42,51-53,80H,7-11,14-19H2,1-6H3,(H,86,111)(H,87,112)(H,88,113)(H,89,114)(H2,59,67,84)(H2,60,68,85)(H3,61,69,72,81)(H3,62,70,73,82)(H3,63,71,74,83)/t25-,26-,27+,28?,29?,30+,31+,32?,33?,34+,35+,39?,40-,41-,42-,51+,52+,53+,107?,108?,109?,110?/m0/s1. The van der Waals surface area contributed by atoms with Crippen molar-refractivity contribution in [1.29, 1.82) is 0 Å². The molecule has 5 saturated heterocycles. The number of ether oxygens (including phenoxy) is 9. The van der Waals surface area contributed by atoms with Gasteiger partial charge in [-0.1, -0.05) is 6.92 Å². The molecular formula is C58H81N21O27P4S4. The number of nitrogens with two attached hydrogens (primary N) is 5. The number of imidazole rings is 3. The van der Waals surface area contributed by atoms with E-state index in [0.717, 1.165) is 4.57 Å². The van der Waals surface area contributed by atoms with Crippen molar-refractivity contribution in [3.05, 3.63) is 94.5 Å². The minimum Gasteiger partial charge on any atom is -0.387 e. The molecule has 0 spiro atoms. The Morgan fingerprint density at radius 3 is 1.33 bits per heavy atom.